The van der Waals surface area contributed by atoms with Gasteiger partial charge < -0.3 is 4.90 Å². The zero-order chi connectivity index (χ0) is 18.4. The largest absolute Gasteiger partial charge is 0.378 e. The Labute approximate surface area is 163 Å². The molecule has 0 aliphatic carbocycles. The minimum Gasteiger partial charge on any atom is -0.378 e. The average molecular weight is 408 g/mol. The van der Waals surface area contributed by atoms with E-state index in [-0.39, 0.29) is 16.3 Å². The molecule has 0 bridgehead atoms. The van der Waals surface area contributed by atoms with Gasteiger partial charge in [-0.2, -0.15) is 0 Å². The zero-order valence-corrected chi connectivity index (χ0v) is 16.5. The molecule has 1 saturated heterocycles. The lowest BCUT2D eigenvalue weighted by atomic mass is 10.2. The molecule has 3 aromatic rings. The van der Waals surface area contributed by atoms with Gasteiger partial charge in [0.05, 0.1) is 21.0 Å². The van der Waals surface area contributed by atoms with E-state index in [0.717, 1.165) is 11.3 Å². The van der Waals surface area contributed by atoms with Crippen molar-refractivity contribution in [1.29, 1.82) is 0 Å². The van der Waals surface area contributed by atoms with Crippen LogP contribution in [0, 0.1) is 5.82 Å². The maximum atomic E-state index is 13.7. The second-order valence-electron chi connectivity index (χ2n) is 6.12. The summed E-state index contributed by atoms with van der Waals surface area (Å²) in [7, 11) is 3.97. The van der Waals surface area contributed by atoms with E-state index in [1.807, 2.05) is 43.3 Å². The molecular weight excluding hydrogens is 393 g/mol. The highest BCUT2D eigenvalue weighted by Crippen LogP contribution is 2.45. The Morgan fingerprint density at radius 2 is 1.96 bits per heavy atom. The van der Waals surface area contributed by atoms with E-state index in [0.29, 0.717) is 21.1 Å². The summed E-state index contributed by atoms with van der Waals surface area (Å²) in [4.78, 5) is 20.8. The van der Waals surface area contributed by atoms with Crippen molar-refractivity contribution in [2.45, 2.75) is 5.37 Å². The van der Waals surface area contributed by atoms with Crippen LogP contribution in [0.25, 0.3) is 10.2 Å². The SMILES string of the molecule is CN(C)c1ccc(C2SCC(=O)N2c2nc3ccc(F)c(Cl)c3s2)cc1. The highest BCUT2D eigenvalue weighted by Gasteiger charge is 2.36. The Balaban J connectivity index is 1.74. The first-order valence-corrected chi connectivity index (χ1v) is 10.2. The number of carbonyl (C=O) groups is 1. The normalized spacial score (nSPS) is 17.3. The van der Waals surface area contributed by atoms with Gasteiger partial charge in [-0.3, -0.25) is 9.69 Å². The van der Waals surface area contributed by atoms with E-state index < -0.39 is 5.82 Å². The molecule has 0 saturated carbocycles. The van der Waals surface area contributed by atoms with Crippen LogP contribution in [0.15, 0.2) is 36.4 Å². The number of halogens is 2. The van der Waals surface area contributed by atoms with Gasteiger partial charge in [-0.05, 0) is 29.8 Å². The maximum Gasteiger partial charge on any atom is 0.240 e. The fourth-order valence-electron chi connectivity index (χ4n) is 2.84. The van der Waals surface area contributed by atoms with E-state index in [9.17, 15) is 9.18 Å². The maximum absolute atomic E-state index is 13.7. The summed E-state index contributed by atoms with van der Waals surface area (Å²) in [6.07, 6.45) is 0. The molecule has 0 radical (unpaired) electrons. The molecule has 4 rings (SSSR count). The summed E-state index contributed by atoms with van der Waals surface area (Å²) in [5.74, 6) is -0.0994. The monoisotopic (exact) mass is 407 g/mol. The van der Waals surface area contributed by atoms with Crippen molar-refractivity contribution in [3.05, 3.63) is 52.8 Å². The Kier molecular flexibility index (Phi) is 4.54. The highest BCUT2D eigenvalue weighted by atomic mass is 35.5. The number of aromatic nitrogens is 1. The number of anilines is 2. The van der Waals surface area contributed by atoms with Gasteiger partial charge in [0.1, 0.15) is 11.2 Å². The van der Waals surface area contributed by atoms with Crippen molar-refractivity contribution in [2.24, 2.45) is 0 Å². The van der Waals surface area contributed by atoms with E-state index in [4.69, 9.17) is 11.6 Å². The van der Waals surface area contributed by atoms with Crippen LogP contribution in [-0.4, -0.2) is 30.7 Å². The first-order valence-electron chi connectivity index (χ1n) is 7.91. The Hall–Kier alpha value is -1.83. The predicted molar refractivity (Wildman–Crippen MR) is 108 cm³/mol. The Bertz CT molecular complexity index is 990. The number of nitrogens with zero attached hydrogens (tertiary/aromatic N) is 3. The first-order chi connectivity index (χ1) is 12.5. The molecule has 0 N–H and O–H groups in total. The van der Waals surface area contributed by atoms with Crippen LogP contribution in [0.4, 0.5) is 15.2 Å². The molecule has 1 fully saturated rings. The van der Waals surface area contributed by atoms with Gasteiger partial charge in [0.15, 0.2) is 5.13 Å². The third-order valence-electron chi connectivity index (χ3n) is 4.21. The minimum absolute atomic E-state index is 0.00710. The Morgan fingerprint density at radius 3 is 2.65 bits per heavy atom. The van der Waals surface area contributed by atoms with Crippen molar-refractivity contribution < 1.29 is 9.18 Å². The summed E-state index contributed by atoms with van der Waals surface area (Å²) in [5, 5.41) is 0.449. The van der Waals surface area contributed by atoms with E-state index in [1.165, 1.54) is 17.4 Å². The van der Waals surface area contributed by atoms with Crippen LogP contribution in [-0.2, 0) is 4.79 Å². The van der Waals surface area contributed by atoms with Crippen LogP contribution >= 0.6 is 34.7 Å². The summed E-state index contributed by atoms with van der Waals surface area (Å²) < 4.78 is 14.3. The molecule has 1 unspecified atom stereocenters. The van der Waals surface area contributed by atoms with Gasteiger partial charge in [-0.25, -0.2) is 9.37 Å². The summed E-state index contributed by atoms with van der Waals surface area (Å²) in [5.41, 5.74) is 2.72. The number of hydrogen-bond donors (Lipinski definition) is 0. The third kappa shape index (κ3) is 2.94. The lowest BCUT2D eigenvalue weighted by Crippen LogP contribution is -2.27. The lowest BCUT2D eigenvalue weighted by Gasteiger charge is -2.22. The number of amides is 1. The molecule has 1 aliphatic rings. The number of hydrogen-bond acceptors (Lipinski definition) is 5. The molecule has 4 nitrogen and oxygen atoms in total. The van der Waals surface area contributed by atoms with Gasteiger partial charge in [-0.15, -0.1) is 11.8 Å². The average Bonchev–Trinajstić information content (AvgIpc) is 3.22. The van der Waals surface area contributed by atoms with Crippen LogP contribution < -0.4 is 9.80 Å². The molecule has 26 heavy (non-hydrogen) atoms. The number of carbonyl (C=O) groups excluding carboxylic acids is 1. The van der Waals surface area contributed by atoms with Gasteiger partial charge >= 0.3 is 0 Å². The van der Waals surface area contributed by atoms with Gasteiger partial charge in [0, 0.05) is 19.8 Å². The molecule has 1 aromatic heterocycles. The second-order valence-corrected chi connectivity index (χ2v) is 8.54. The van der Waals surface area contributed by atoms with Crippen molar-refractivity contribution >= 4 is 61.6 Å². The van der Waals surface area contributed by atoms with Crippen LogP contribution in [0.3, 0.4) is 0 Å². The molecular formula is C18H15ClFN3OS2. The number of fused-ring (bicyclic) bond motifs is 1. The molecule has 1 amide bonds. The molecule has 8 heteroatoms. The predicted octanol–water partition coefficient (Wildman–Crippen LogP) is 4.93. The van der Waals surface area contributed by atoms with Crippen molar-refractivity contribution in [3.63, 3.8) is 0 Å². The Morgan fingerprint density at radius 1 is 1.23 bits per heavy atom. The second kappa shape index (κ2) is 6.72. The topological polar surface area (TPSA) is 36.4 Å². The summed E-state index contributed by atoms with van der Waals surface area (Å²) in [6.45, 7) is 0. The molecule has 2 heterocycles. The minimum atomic E-state index is -0.479. The highest BCUT2D eigenvalue weighted by molar-refractivity contribution is 8.00. The number of thiazole rings is 1. The molecule has 0 spiro atoms. The van der Waals surface area contributed by atoms with Crippen LogP contribution in [0.2, 0.25) is 5.02 Å². The number of rotatable bonds is 3. The fourth-order valence-corrected chi connectivity index (χ4v) is 5.38. The van der Waals surface area contributed by atoms with E-state index in [2.05, 4.69) is 4.98 Å². The fraction of sp³-hybridized carbons (Fsp3) is 0.222. The third-order valence-corrected chi connectivity index (χ3v) is 6.99. The van der Waals surface area contributed by atoms with Crippen molar-refractivity contribution in [2.75, 3.05) is 29.6 Å². The first kappa shape index (κ1) is 17.6. The summed E-state index contributed by atoms with van der Waals surface area (Å²) in [6, 6.07) is 11.0. The van der Waals surface area contributed by atoms with Gasteiger partial charge in [0.25, 0.3) is 0 Å². The molecule has 134 valence electrons. The lowest BCUT2D eigenvalue weighted by molar-refractivity contribution is -0.115. The van der Waals surface area contributed by atoms with Gasteiger partial charge in [0.2, 0.25) is 5.91 Å². The molecule has 1 aliphatic heterocycles. The quantitative estimate of drug-likeness (QED) is 0.616. The zero-order valence-electron chi connectivity index (χ0n) is 14.1. The van der Waals surface area contributed by atoms with Gasteiger partial charge in [-0.1, -0.05) is 35.1 Å². The number of benzene rings is 2. The van der Waals surface area contributed by atoms with Crippen molar-refractivity contribution in [3.8, 4) is 0 Å². The van der Waals surface area contributed by atoms with Crippen LogP contribution in [0.5, 0.6) is 0 Å². The smallest absolute Gasteiger partial charge is 0.240 e. The van der Waals surface area contributed by atoms with Crippen LogP contribution in [0.1, 0.15) is 10.9 Å². The van der Waals surface area contributed by atoms with E-state index in [1.54, 1.807) is 22.7 Å². The standard InChI is InChI=1S/C18H15ClFN3OS2/c1-22(2)11-5-3-10(4-6-11)17-23(14(24)9-25-17)18-21-13-8-7-12(20)15(19)16(13)26-18/h3-8,17H,9H2,1-2H3. The summed E-state index contributed by atoms with van der Waals surface area (Å²) >= 11 is 8.87. The van der Waals surface area contributed by atoms with E-state index >= 15 is 0 Å². The molecule has 1 atom stereocenters. The van der Waals surface area contributed by atoms with Crippen molar-refractivity contribution in [1.82, 2.24) is 4.98 Å². The molecule has 2 aromatic carbocycles. The number of thioether (sulfide) groups is 1.